The predicted octanol–water partition coefficient (Wildman–Crippen LogP) is 3.00. The highest BCUT2D eigenvalue weighted by Crippen LogP contribution is 2.43. The van der Waals surface area contributed by atoms with Gasteiger partial charge in [-0.3, -0.25) is 0 Å². The van der Waals surface area contributed by atoms with Crippen LogP contribution in [0.5, 0.6) is 0 Å². The fraction of sp³-hybridized carbons (Fsp3) is 0. The Kier molecular flexibility index (Phi) is 4.48. The number of fused-ring (bicyclic) bond motifs is 2. The van der Waals surface area contributed by atoms with Crippen LogP contribution in [-0.4, -0.2) is 39.1 Å². The molecule has 5 N–H and O–H groups in total. The molecule has 0 aliphatic heterocycles. The van der Waals surface area contributed by atoms with E-state index in [2.05, 4.69) is 0 Å². The summed E-state index contributed by atoms with van der Waals surface area (Å²) in [5, 5.41) is 32.8. The maximum Gasteiger partial charge on any atom is 0.336 e. The smallest absolute Gasteiger partial charge is 0.336 e. The molecule has 0 heterocycles. The van der Waals surface area contributed by atoms with E-state index in [0.717, 1.165) is 4.72 Å². The van der Waals surface area contributed by atoms with Crippen LogP contribution in [-0.2, 0) is 12.8 Å². The SMILES string of the molecule is O=C(O)c1ccc2c3ccc(C(=O)O)c4c(C(=O)[NH2+][S-])ccc(c5ccc(C(=O)O)c1c25)c43. The molecular weight excluding hydrogens is 446 g/mol. The van der Waals surface area contributed by atoms with Crippen LogP contribution in [0.1, 0.15) is 41.4 Å². The molecule has 0 saturated carbocycles. The van der Waals surface area contributed by atoms with Crippen LogP contribution in [0.15, 0.2) is 48.5 Å². The molecule has 0 radical (unpaired) electrons. The van der Waals surface area contributed by atoms with Crippen molar-refractivity contribution in [2.75, 3.05) is 0 Å². The maximum atomic E-state index is 12.5. The maximum absolute atomic E-state index is 12.5. The summed E-state index contributed by atoms with van der Waals surface area (Å²) in [6, 6.07) is 11.9. The molecule has 5 aromatic carbocycles. The molecule has 33 heavy (non-hydrogen) atoms. The molecule has 162 valence electrons. The van der Waals surface area contributed by atoms with E-state index in [1.807, 2.05) is 0 Å². The lowest BCUT2D eigenvalue weighted by molar-refractivity contribution is -0.365. The zero-order valence-electron chi connectivity index (χ0n) is 16.6. The van der Waals surface area contributed by atoms with Crippen LogP contribution in [0.2, 0.25) is 0 Å². The van der Waals surface area contributed by atoms with Gasteiger partial charge in [-0.2, -0.15) is 0 Å². The largest absolute Gasteiger partial charge is 0.489 e. The first kappa shape index (κ1) is 20.7. The molecule has 5 rings (SSSR count). The first-order valence-corrected chi connectivity index (χ1v) is 10.1. The van der Waals surface area contributed by atoms with Crippen LogP contribution >= 0.6 is 0 Å². The number of benzene rings is 5. The molecule has 5 aromatic rings. The third kappa shape index (κ3) is 2.76. The minimum Gasteiger partial charge on any atom is -0.489 e. The standard InChI is InChI=1S/C24H13NO7S/c26-21(25-33)13-5-1-9-11-3-7-15(23(29)30)20-16(24(31)32)8-4-12(18(11)20)10-2-6-14(22(27)28)19(13)17(9)10/h1-8H,25H2,(H,27,28)(H,29,30)(H,31,32). The van der Waals surface area contributed by atoms with Crippen molar-refractivity contribution in [3.05, 3.63) is 70.8 Å². The summed E-state index contributed by atoms with van der Waals surface area (Å²) in [5.74, 6) is -4.24. The molecule has 0 saturated heterocycles. The predicted molar refractivity (Wildman–Crippen MR) is 122 cm³/mol. The van der Waals surface area contributed by atoms with E-state index in [9.17, 15) is 34.5 Å². The summed E-state index contributed by atoms with van der Waals surface area (Å²) in [7, 11) is 0. The molecule has 0 bridgehead atoms. The number of primary amides is 1. The Morgan fingerprint density at radius 2 is 0.818 bits per heavy atom. The highest BCUT2D eigenvalue weighted by atomic mass is 32.1. The Labute approximate surface area is 189 Å². The summed E-state index contributed by atoms with van der Waals surface area (Å²) in [4.78, 5) is 48.4. The van der Waals surface area contributed by atoms with Gasteiger partial charge in [-0.15, -0.1) is 0 Å². The van der Waals surface area contributed by atoms with Gasteiger partial charge in [0.25, 0.3) is 0 Å². The van der Waals surface area contributed by atoms with Crippen LogP contribution in [0.3, 0.4) is 0 Å². The second-order valence-electron chi connectivity index (χ2n) is 7.54. The normalized spacial score (nSPS) is 11.5. The topological polar surface area (TPSA) is 146 Å². The lowest BCUT2D eigenvalue weighted by Gasteiger charge is -2.18. The van der Waals surface area contributed by atoms with E-state index in [1.54, 1.807) is 24.3 Å². The van der Waals surface area contributed by atoms with Crippen molar-refractivity contribution < 1.29 is 39.2 Å². The summed E-state index contributed by atoms with van der Waals surface area (Å²) in [5.41, 5.74) is -0.225. The lowest BCUT2D eigenvalue weighted by Crippen LogP contribution is -2.82. The molecular formula is C24H13NO7S. The molecule has 0 spiro atoms. The number of carbonyl (C=O) groups is 4. The van der Waals surface area contributed by atoms with Crippen LogP contribution in [0.4, 0.5) is 0 Å². The average Bonchev–Trinajstić information content (AvgIpc) is 2.80. The van der Waals surface area contributed by atoms with Gasteiger partial charge < -0.3 is 32.9 Å². The van der Waals surface area contributed by atoms with Gasteiger partial charge in [-0.05, 0) is 56.6 Å². The first-order chi connectivity index (χ1) is 15.8. The van der Waals surface area contributed by atoms with Crippen molar-refractivity contribution in [1.82, 2.24) is 0 Å². The Morgan fingerprint density at radius 3 is 1.12 bits per heavy atom. The summed E-state index contributed by atoms with van der Waals surface area (Å²) >= 11 is 4.80. The van der Waals surface area contributed by atoms with Gasteiger partial charge in [0.15, 0.2) is 0 Å². The number of carboxylic acids is 3. The van der Waals surface area contributed by atoms with E-state index in [0.29, 0.717) is 32.3 Å². The van der Waals surface area contributed by atoms with Gasteiger partial charge >= 0.3 is 23.8 Å². The molecule has 0 fully saturated rings. The monoisotopic (exact) mass is 459 g/mol. The molecule has 0 aromatic heterocycles. The van der Waals surface area contributed by atoms with Crippen molar-refractivity contribution in [3.8, 4) is 0 Å². The Hall–Kier alpha value is -4.21. The summed E-state index contributed by atoms with van der Waals surface area (Å²) < 4.78 is 0.950. The number of amides is 1. The second kappa shape index (κ2) is 7.16. The second-order valence-corrected chi connectivity index (χ2v) is 7.78. The third-order valence-corrected chi connectivity index (χ3v) is 6.18. The summed E-state index contributed by atoms with van der Waals surface area (Å²) in [6.45, 7) is 0. The number of carbonyl (C=O) groups excluding carboxylic acids is 1. The van der Waals surface area contributed by atoms with Crippen molar-refractivity contribution in [1.29, 1.82) is 0 Å². The molecule has 0 aliphatic carbocycles. The number of carboxylic acid groups (broad SMARTS) is 3. The van der Waals surface area contributed by atoms with E-state index in [4.69, 9.17) is 12.8 Å². The quantitative estimate of drug-likeness (QED) is 0.182. The van der Waals surface area contributed by atoms with E-state index >= 15 is 0 Å². The van der Waals surface area contributed by atoms with E-state index < -0.39 is 23.8 Å². The van der Waals surface area contributed by atoms with Gasteiger partial charge in [0.2, 0.25) is 0 Å². The lowest BCUT2D eigenvalue weighted by atomic mass is 9.84. The van der Waals surface area contributed by atoms with Crippen molar-refractivity contribution in [3.63, 3.8) is 0 Å². The number of quaternary nitrogens is 1. The minimum absolute atomic E-state index is 0.0696. The first-order valence-electron chi connectivity index (χ1n) is 9.65. The zero-order valence-corrected chi connectivity index (χ0v) is 17.4. The Morgan fingerprint density at radius 1 is 0.515 bits per heavy atom. The third-order valence-electron chi connectivity index (χ3n) is 5.97. The van der Waals surface area contributed by atoms with Gasteiger partial charge in [0.1, 0.15) is 0 Å². The highest BCUT2D eigenvalue weighted by Gasteiger charge is 2.25. The molecule has 0 atom stereocenters. The van der Waals surface area contributed by atoms with Crippen LogP contribution in [0.25, 0.3) is 43.1 Å². The van der Waals surface area contributed by atoms with Gasteiger partial charge in [0.05, 0.1) is 22.3 Å². The van der Waals surface area contributed by atoms with Crippen molar-refractivity contribution in [2.24, 2.45) is 0 Å². The van der Waals surface area contributed by atoms with E-state index in [-0.39, 0.29) is 33.0 Å². The number of hydrogen-bond donors (Lipinski definition) is 4. The number of aromatic carboxylic acids is 3. The molecule has 9 heteroatoms. The number of hydrogen-bond acceptors (Lipinski definition) is 5. The van der Waals surface area contributed by atoms with Gasteiger partial charge in [0, 0.05) is 10.8 Å². The van der Waals surface area contributed by atoms with Gasteiger partial charge in [-0.1, -0.05) is 24.3 Å². The molecule has 0 aliphatic rings. The number of rotatable bonds is 4. The Bertz CT molecular complexity index is 1640. The average molecular weight is 459 g/mol. The highest BCUT2D eigenvalue weighted by molar-refractivity contribution is 7.51. The van der Waals surface area contributed by atoms with Gasteiger partial charge in [-0.25, -0.2) is 19.2 Å². The Balaban J connectivity index is 2.14. The number of nitrogens with two attached hydrogens (primary N) is 1. The fourth-order valence-corrected chi connectivity index (χ4v) is 4.82. The fourth-order valence-electron chi connectivity index (χ4n) is 4.69. The molecule has 0 unspecified atom stereocenters. The van der Waals surface area contributed by atoms with Crippen LogP contribution < -0.4 is 4.72 Å². The summed E-state index contributed by atoms with van der Waals surface area (Å²) in [6.07, 6.45) is 0. The van der Waals surface area contributed by atoms with Crippen molar-refractivity contribution >= 4 is 79.7 Å². The minimum atomic E-state index is -1.26. The molecule has 8 nitrogen and oxygen atoms in total. The van der Waals surface area contributed by atoms with Crippen molar-refractivity contribution in [2.45, 2.75) is 0 Å². The molecule has 1 amide bonds. The van der Waals surface area contributed by atoms with E-state index in [1.165, 1.54) is 24.3 Å². The van der Waals surface area contributed by atoms with Crippen LogP contribution in [0, 0.1) is 0 Å². The zero-order chi connectivity index (χ0) is 23.6.